The van der Waals surface area contributed by atoms with Gasteiger partial charge in [-0.15, -0.1) is 0 Å². The van der Waals surface area contributed by atoms with Crippen LogP contribution in [-0.2, 0) is 0 Å². The molecule has 1 aromatic rings. The minimum absolute atomic E-state index is 0.0575. The molecule has 0 saturated carbocycles. The number of nitrogens with one attached hydrogen (secondary N) is 1. The number of nitrogens with zero attached hydrogens (tertiary/aromatic N) is 2. The molecule has 1 N–H and O–H groups in total. The lowest BCUT2D eigenvalue weighted by Gasteiger charge is -2.27. The second-order valence-electron chi connectivity index (χ2n) is 5.17. The van der Waals surface area contributed by atoms with E-state index in [1.807, 2.05) is 0 Å². The fourth-order valence-electron chi connectivity index (χ4n) is 2.53. The molecule has 1 saturated heterocycles. The number of carbonyl (C=O) groups is 1. The van der Waals surface area contributed by atoms with Gasteiger partial charge < -0.3 is 10.2 Å². The van der Waals surface area contributed by atoms with Gasteiger partial charge in [-0.3, -0.25) is 14.9 Å². The smallest absolute Gasteiger partial charge is 0.272 e. The van der Waals surface area contributed by atoms with Crippen molar-refractivity contribution < 1.29 is 14.1 Å². The summed E-state index contributed by atoms with van der Waals surface area (Å²) in [4.78, 5) is 23.8. The number of halogens is 1. The second-order valence-corrected chi connectivity index (χ2v) is 5.17. The largest absolute Gasteiger partial charge is 0.339 e. The fraction of sp³-hybridized carbons (Fsp3) is 0.500. The van der Waals surface area contributed by atoms with Gasteiger partial charge in [-0.2, -0.15) is 0 Å². The van der Waals surface area contributed by atoms with E-state index in [0.717, 1.165) is 44.5 Å². The number of carbonyl (C=O) groups excluding carboxylic acids is 1. The second kappa shape index (κ2) is 6.62. The summed E-state index contributed by atoms with van der Waals surface area (Å²) in [6.45, 7) is 1.75. The molecule has 1 unspecified atom stereocenters. The number of nitro groups is 1. The van der Waals surface area contributed by atoms with Crippen molar-refractivity contribution in [2.75, 3.05) is 20.1 Å². The maximum atomic E-state index is 13.9. The van der Waals surface area contributed by atoms with Crippen LogP contribution in [0.4, 0.5) is 10.1 Å². The standard InChI is InChI=1S/C14H18FN3O3/c1-17(10-3-2-7-16-8-6-10)14(19)12-5-4-11(18(20)21)9-13(12)15/h4-5,9-10,16H,2-3,6-8H2,1H3. The number of rotatable bonds is 3. The third-order valence-corrected chi connectivity index (χ3v) is 3.81. The van der Waals surface area contributed by atoms with Crippen molar-refractivity contribution >= 4 is 11.6 Å². The van der Waals surface area contributed by atoms with E-state index in [9.17, 15) is 19.3 Å². The van der Waals surface area contributed by atoms with E-state index in [2.05, 4.69) is 5.32 Å². The topological polar surface area (TPSA) is 75.5 Å². The molecule has 6 nitrogen and oxygen atoms in total. The molecular formula is C14H18FN3O3. The first-order chi connectivity index (χ1) is 10.0. The van der Waals surface area contributed by atoms with Gasteiger partial charge in [-0.1, -0.05) is 0 Å². The van der Waals surface area contributed by atoms with Crippen LogP contribution in [0.25, 0.3) is 0 Å². The van der Waals surface area contributed by atoms with Crippen molar-refractivity contribution in [2.24, 2.45) is 0 Å². The Morgan fingerprint density at radius 1 is 1.43 bits per heavy atom. The summed E-state index contributed by atoms with van der Waals surface area (Å²) in [5.41, 5.74) is -0.481. The normalized spacial score (nSPS) is 18.9. The molecule has 0 aromatic heterocycles. The lowest BCUT2D eigenvalue weighted by atomic mass is 10.1. The summed E-state index contributed by atoms with van der Waals surface area (Å²) in [7, 11) is 1.65. The van der Waals surface area contributed by atoms with Crippen LogP contribution in [0.3, 0.4) is 0 Å². The molecule has 1 fully saturated rings. The minimum Gasteiger partial charge on any atom is -0.339 e. The van der Waals surface area contributed by atoms with Crippen LogP contribution >= 0.6 is 0 Å². The maximum absolute atomic E-state index is 13.9. The minimum atomic E-state index is -0.854. The van der Waals surface area contributed by atoms with Crippen molar-refractivity contribution in [3.63, 3.8) is 0 Å². The van der Waals surface area contributed by atoms with Gasteiger partial charge in [0, 0.05) is 19.2 Å². The molecule has 114 valence electrons. The quantitative estimate of drug-likeness (QED) is 0.683. The van der Waals surface area contributed by atoms with Gasteiger partial charge in [0.2, 0.25) is 0 Å². The van der Waals surface area contributed by atoms with E-state index in [4.69, 9.17) is 0 Å². The molecule has 0 bridgehead atoms. The fourth-order valence-corrected chi connectivity index (χ4v) is 2.53. The predicted molar refractivity (Wildman–Crippen MR) is 75.7 cm³/mol. The van der Waals surface area contributed by atoms with Crippen molar-refractivity contribution in [1.29, 1.82) is 0 Å². The molecule has 2 rings (SSSR count). The van der Waals surface area contributed by atoms with E-state index in [1.165, 1.54) is 11.0 Å². The van der Waals surface area contributed by atoms with Gasteiger partial charge >= 0.3 is 0 Å². The summed E-state index contributed by atoms with van der Waals surface area (Å²) in [6, 6.07) is 3.18. The number of hydrogen-bond acceptors (Lipinski definition) is 4. The number of hydrogen-bond donors (Lipinski definition) is 1. The van der Waals surface area contributed by atoms with Crippen LogP contribution in [0.5, 0.6) is 0 Å². The highest BCUT2D eigenvalue weighted by atomic mass is 19.1. The average Bonchev–Trinajstić information content (AvgIpc) is 2.74. The molecular weight excluding hydrogens is 277 g/mol. The Balaban J connectivity index is 2.16. The van der Waals surface area contributed by atoms with Gasteiger partial charge in [0.1, 0.15) is 5.82 Å². The van der Waals surface area contributed by atoms with Crippen LogP contribution in [0.2, 0.25) is 0 Å². The molecule has 0 spiro atoms. The first-order valence-electron chi connectivity index (χ1n) is 6.92. The molecule has 1 aliphatic heterocycles. The van der Waals surface area contributed by atoms with E-state index in [-0.39, 0.29) is 17.3 Å². The zero-order valence-electron chi connectivity index (χ0n) is 11.8. The third-order valence-electron chi connectivity index (χ3n) is 3.81. The number of nitro benzene ring substituents is 1. The zero-order chi connectivity index (χ0) is 15.4. The number of non-ortho nitro benzene ring substituents is 1. The molecule has 0 radical (unpaired) electrons. The summed E-state index contributed by atoms with van der Waals surface area (Å²) in [6.07, 6.45) is 2.64. The Morgan fingerprint density at radius 3 is 2.86 bits per heavy atom. The highest BCUT2D eigenvalue weighted by molar-refractivity contribution is 5.94. The molecule has 1 amide bonds. The van der Waals surface area contributed by atoms with E-state index >= 15 is 0 Å². The maximum Gasteiger partial charge on any atom is 0.272 e. The van der Waals surface area contributed by atoms with Crippen LogP contribution in [-0.4, -0.2) is 41.9 Å². The van der Waals surface area contributed by atoms with Gasteiger partial charge in [-0.05, 0) is 38.4 Å². The SMILES string of the molecule is CN(C(=O)c1ccc([N+](=O)[O-])cc1F)C1CCCNCC1. The van der Waals surface area contributed by atoms with Crippen LogP contribution < -0.4 is 5.32 Å². The highest BCUT2D eigenvalue weighted by Gasteiger charge is 2.25. The summed E-state index contributed by atoms with van der Waals surface area (Å²) in [5.74, 6) is -1.29. The van der Waals surface area contributed by atoms with Gasteiger partial charge in [-0.25, -0.2) is 4.39 Å². The van der Waals surface area contributed by atoms with Crippen molar-refractivity contribution in [2.45, 2.75) is 25.3 Å². The van der Waals surface area contributed by atoms with Crippen LogP contribution in [0.1, 0.15) is 29.6 Å². The van der Waals surface area contributed by atoms with Crippen molar-refractivity contribution in [3.05, 3.63) is 39.7 Å². The van der Waals surface area contributed by atoms with E-state index < -0.39 is 16.6 Å². The van der Waals surface area contributed by atoms with Crippen molar-refractivity contribution in [3.8, 4) is 0 Å². The summed E-state index contributed by atoms with van der Waals surface area (Å²) >= 11 is 0. The highest BCUT2D eigenvalue weighted by Crippen LogP contribution is 2.20. The average molecular weight is 295 g/mol. The Bertz CT molecular complexity index is 542. The third kappa shape index (κ3) is 3.55. The Hall–Kier alpha value is -2.02. The summed E-state index contributed by atoms with van der Waals surface area (Å²) < 4.78 is 13.9. The van der Waals surface area contributed by atoms with Gasteiger partial charge in [0.25, 0.3) is 11.6 Å². The van der Waals surface area contributed by atoms with Crippen LogP contribution in [0.15, 0.2) is 18.2 Å². The number of amides is 1. The molecule has 1 heterocycles. The van der Waals surface area contributed by atoms with Gasteiger partial charge in [0.05, 0.1) is 16.6 Å². The molecule has 21 heavy (non-hydrogen) atoms. The Labute approximate surface area is 122 Å². The van der Waals surface area contributed by atoms with Gasteiger partial charge in [0.15, 0.2) is 0 Å². The molecule has 7 heteroatoms. The van der Waals surface area contributed by atoms with E-state index in [1.54, 1.807) is 7.05 Å². The van der Waals surface area contributed by atoms with Crippen molar-refractivity contribution in [1.82, 2.24) is 10.2 Å². The Morgan fingerprint density at radius 2 is 2.19 bits per heavy atom. The monoisotopic (exact) mass is 295 g/mol. The van der Waals surface area contributed by atoms with E-state index in [0.29, 0.717) is 0 Å². The molecule has 1 aliphatic rings. The molecule has 1 atom stereocenters. The first-order valence-corrected chi connectivity index (χ1v) is 6.92. The first kappa shape index (κ1) is 15.4. The summed E-state index contributed by atoms with van der Waals surface area (Å²) in [5, 5.41) is 13.8. The molecule has 0 aliphatic carbocycles. The zero-order valence-corrected chi connectivity index (χ0v) is 11.8. The lowest BCUT2D eigenvalue weighted by Crippen LogP contribution is -2.38. The molecule has 1 aromatic carbocycles. The lowest BCUT2D eigenvalue weighted by molar-refractivity contribution is -0.385. The number of benzene rings is 1. The van der Waals surface area contributed by atoms with Crippen LogP contribution in [0, 0.1) is 15.9 Å². The Kier molecular flexibility index (Phi) is 4.85. The predicted octanol–water partition coefficient (Wildman–Crippen LogP) is 1.95.